The van der Waals surface area contributed by atoms with Gasteiger partial charge in [-0.15, -0.1) is 0 Å². The molecule has 2 fully saturated rings. The lowest BCUT2D eigenvalue weighted by Gasteiger charge is -2.34. The molecule has 0 amide bonds. The van der Waals surface area contributed by atoms with E-state index in [9.17, 15) is 5.11 Å². The summed E-state index contributed by atoms with van der Waals surface area (Å²) in [5.41, 5.74) is 0.402. The predicted octanol–water partition coefficient (Wildman–Crippen LogP) is 1.26. The van der Waals surface area contributed by atoms with Crippen molar-refractivity contribution in [2.75, 3.05) is 6.61 Å². The second-order valence-electron chi connectivity index (χ2n) is 6.18. The zero-order valence-corrected chi connectivity index (χ0v) is 9.70. The van der Waals surface area contributed by atoms with Crippen molar-refractivity contribution in [2.24, 2.45) is 5.41 Å². The van der Waals surface area contributed by atoms with E-state index in [0.717, 1.165) is 5.57 Å². The van der Waals surface area contributed by atoms with Gasteiger partial charge in [0.25, 0.3) is 0 Å². The number of fused-ring (bicyclic) bond motifs is 2. The number of aliphatic hydroxyl groups is 1. The summed E-state index contributed by atoms with van der Waals surface area (Å²) < 4.78 is 11.2. The molecular weight excluding hydrogens is 192 g/mol. The Hall–Kier alpha value is -0.380. The van der Waals surface area contributed by atoms with Crippen molar-refractivity contribution in [1.29, 1.82) is 0 Å². The van der Waals surface area contributed by atoms with E-state index in [4.69, 9.17) is 9.47 Å². The van der Waals surface area contributed by atoms with Gasteiger partial charge in [-0.05, 0) is 24.0 Å². The van der Waals surface area contributed by atoms with E-state index < -0.39 is 11.7 Å². The van der Waals surface area contributed by atoms with Crippen molar-refractivity contribution >= 4 is 0 Å². The maximum atomic E-state index is 10.3. The Morgan fingerprint density at radius 3 is 2.53 bits per heavy atom. The Labute approximate surface area is 90.1 Å². The fourth-order valence-corrected chi connectivity index (χ4v) is 2.73. The van der Waals surface area contributed by atoms with Crippen LogP contribution in [0.3, 0.4) is 0 Å². The van der Waals surface area contributed by atoms with E-state index in [0.29, 0.717) is 6.61 Å². The zero-order valence-electron chi connectivity index (χ0n) is 9.70. The Morgan fingerprint density at radius 2 is 2.07 bits per heavy atom. The number of epoxide rings is 2. The summed E-state index contributed by atoms with van der Waals surface area (Å²) in [6.45, 7) is 9.04. The normalized spacial score (nSPS) is 52.5. The molecule has 3 nitrogen and oxygen atoms in total. The molecular formula is C12H18O3. The van der Waals surface area contributed by atoms with Crippen LogP contribution >= 0.6 is 0 Å². The first-order valence-corrected chi connectivity index (χ1v) is 5.53. The minimum Gasteiger partial charge on any atom is -0.385 e. The highest BCUT2D eigenvalue weighted by molar-refractivity contribution is 5.40. The third-order valence-corrected chi connectivity index (χ3v) is 3.82. The second kappa shape index (κ2) is 2.31. The maximum absolute atomic E-state index is 10.3. The molecule has 0 aromatic carbocycles. The Balaban J connectivity index is 2.04. The summed E-state index contributed by atoms with van der Waals surface area (Å²) in [7, 11) is 0. The van der Waals surface area contributed by atoms with Crippen molar-refractivity contribution in [3.8, 4) is 0 Å². The number of aliphatic hydroxyl groups excluding tert-OH is 1. The molecule has 0 aromatic heterocycles. The number of ether oxygens (including phenoxy) is 2. The molecule has 3 heteroatoms. The molecule has 2 aliphatic heterocycles. The highest BCUT2D eigenvalue weighted by atomic mass is 16.7. The van der Waals surface area contributed by atoms with Crippen molar-refractivity contribution in [1.82, 2.24) is 0 Å². The Bertz CT molecular complexity index is 348. The summed E-state index contributed by atoms with van der Waals surface area (Å²) in [4.78, 5) is 0. The van der Waals surface area contributed by atoms with E-state index in [1.165, 1.54) is 0 Å². The van der Waals surface area contributed by atoms with Gasteiger partial charge in [0.05, 0.1) is 6.61 Å². The van der Waals surface area contributed by atoms with Gasteiger partial charge in [0, 0.05) is 0 Å². The predicted molar refractivity (Wildman–Crippen MR) is 55.5 cm³/mol. The van der Waals surface area contributed by atoms with E-state index >= 15 is 0 Å². The van der Waals surface area contributed by atoms with Crippen LogP contribution in [0, 0.1) is 5.41 Å². The minimum absolute atomic E-state index is 0.0295. The van der Waals surface area contributed by atoms with Crippen molar-refractivity contribution in [2.45, 2.75) is 51.1 Å². The molecule has 0 aromatic rings. The summed E-state index contributed by atoms with van der Waals surface area (Å²) in [6, 6.07) is 0. The fourth-order valence-electron chi connectivity index (χ4n) is 2.73. The van der Waals surface area contributed by atoms with Gasteiger partial charge in [0.15, 0.2) is 5.60 Å². The lowest BCUT2D eigenvalue weighted by molar-refractivity contribution is 0.0678. The maximum Gasteiger partial charge on any atom is 0.150 e. The van der Waals surface area contributed by atoms with Crippen LogP contribution < -0.4 is 0 Å². The molecule has 4 atom stereocenters. The van der Waals surface area contributed by atoms with Crippen molar-refractivity contribution < 1.29 is 14.6 Å². The summed E-state index contributed by atoms with van der Waals surface area (Å²) in [5.74, 6) is 0. The van der Waals surface area contributed by atoms with Gasteiger partial charge < -0.3 is 14.6 Å². The summed E-state index contributed by atoms with van der Waals surface area (Å²) in [5, 5.41) is 10.3. The average Bonchev–Trinajstić information content (AvgIpc) is 2.92. The van der Waals surface area contributed by atoms with Gasteiger partial charge in [-0.2, -0.15) is 0 Å². The van der Waals surface area contributed by atoms with Gasteiger partial charge in [-0.25, -0.2) is 0 Å². The third kappa shape index (κ3) is 1.11. The standard InChI is InChI=1S/C12H18O3/c1-10(2,3)7-5-11(4)9(15-11)12(6-14-12)8(7)13/h5,8-9,13H,6H2,1-4H3/t8?,9-,11-,12?/m1/s1. The molecule has 2 unspecified atom stereocenters. The van der Waals surface area contributed by atoms with Crippen LogP contribution in [-0.2, 0) is 9.47 Å². The minimum atomic E-state index is -0.502. The van der Waals surface area contributed by atoms with Crippen molar-refractivity contribution in [3.63, 3.8) is 0 Å². The van der Waals surface area contributed by atoms with Crippen LogP contribution in [0.4, 0.5) is 0 Å². The molecule has 0 radical (unpaired) electrons. The van der Waals surface area contributed by atoms with Crippen LogP contribution in [0.5, 0.6) is 0 Å². The van der Waals surface area contributed by atoms with E-state index in [1.54, 1.807) is 0 Å². The molecule has 1 spiro atoms. The highest BCUT2D eigenvalue weighted by Crippen LogP contribution is 2.59. The molecule has 1 aliphatic carbocycles. The van der Waals surface area contributed by atoms with Crippen LogP contribution in [0.15, 0.2) is 11.6 Å². The summed E-state index contributed by atoms with van der Waals surface area (Å²) in [6.07, 6.45) is 1.65. The lowest BCUT2D eigenvalue weighted by Crippen LogP contribution is -2.45. The summed E-state index contributed by atoms with van der Waals surface area (Å²) >= 11 is 0. The third-order valence-electron chi connectivity index (χ3n) is 3.82. The zero-order chi connectivity index (χ0) is 11.1. The average molecular weight is 210 g/mol. The lowest BCUT2D eigenvalue weighted by atomic mass is 9.71. The smallest absolute Gasteiger partial charge is 0.150 e. The highest BCUT2D eigenvalue weighted by Gasteiger charge is 2.75. The van der Waals surface area contributed by atoms with Crippen LogP contribution in [0.25, 0.3) is 0 Å². The van der Waals surface area contributed by atoms with E-state index in [2.05, 4.69) is 33.8 Å². The number of hydrogen-bond donors (Lipinski definition) is 1. The van der Waals surface area contributed by atoms with Gasteiger partial charge in [-0.1, -0.05) is 20.8 Å². The SMILES string of the molecule is CC(C)(C)C1=C[C@@]2(C)O[C@H]2C2(CO2)C1O. The van der Waals surface area contributed by atoms with Crippen LogP contribution in [-0.4, -0.2) is 35.1 Å². The molecule has 2 heterocycles. The Kier molecular flexibility index (Phi) is 1.51. The van der Waals surface area contributed by atoms with Gasteiger partial charge >= 0.3 is 0 Å². The number of hydrogen-bond acceptors (Lipinski definition) is 3. The molecule has 84 valence electrons. The quantitative estimate of drug-likeness (QED) is 0.483. The molecule has 15 heavy (non-hydrogen) atoms. The van der Waals surface area contributed by atoms with E-state index in [1.807, 2.05) is 0 Å². The molecule has 0 bridgehead atoms. The van der Waals surface area contributed by atoms with Gasteiger partial charge in [0.2, 0.25) is 0 Å². The van der Waals surface area contributed by atoms with Crippen molar-refractivity contribution in [3.05, 3.63) is 11.6 Å². The first-order valence-electron chi connectivity index (χ1n) is 5.53. The molecule has 3 rings (SSSR count). The first-order chi connectivity index (χ1) is 6.80. The van der Waals surface area contributed by atoms with Crippen LogP contribution in [0.2, 0.25) is 0 Å². The molecule has 1 N–H and O–H groups in total. The van der Waals surface area contributed by atoms with E-state index in [-0.39, 0.29) is 17.1 Å². The largest absolute Gasteiger partial charge is 0.385 e. The Morgan fingerprint density at radius 1 is 1.47 bits per heavy atom. The fraction of sp³-hybridized carbons (Fsp3) is 0.833. The second-order valence-corrected chi connectivity index (χ2v) is 6.18. The molecule has 2 saturated heterocycles. The topological polar surface area (TPSA) is 45.3 Å². The van der Waals surface area contributed by atoms with Crippen LogP contribution in [0.1, 0.15) is 27.7 Å². The first kappa shape index (κ1) is 9.82. The van der Waals surface area contributed by atoms with Gasteiger partial charge in [-0.3, -0.25) is 0 Å². The molecule has 3 aliphatic rings. The number of rotatable bonds is 0. The monoisotopic (exact) mass is 210 g/mol. The van der Waals surface area contributed by atoms with Gasteiger partial charge in [0.1, 0.15) is 17.8 Å². The molecule has 0 saturated carbocycles.